The highest BCUT2D eigenvalue weighted by atomic mass is 19.4. The van der Waals surface area contributed by atoms with Crippen molar-refractivity contribution in [3.05, 3.63) is 35.4 Å². The summed E-state index contributed by atoms with van der Waals surface area (Å²) >= 11 is 0. The molecular weight excluding hydrogens is 301 g/mol. The van der Waals surface area contributed by atoms with Gasteiger partial charge in [0.15, 0.2) is 0 Å². The first-order valence-electron chi connectivity index (χ1n) is 6.38. The molecule has 0 saturated heterocycles. The standard InChI is InChI=1S/C12H18N2O.C2HF3O2/c1-9-4-6-11(7-5-9)8-14-12(15)10(2)13-3;3-2(4,5)1(6)7/h4-7,10,13H,8H2,1-3H3,(H,14,15);(H,6,7)/t10-;/m1./s1. The Bertz CT molecular complexity index is 487. The van der Waals surface area contributed by atoms with Gasteiger partial charge < -0.3 is 15.7 Å². The van der Waals surface area contributed by atoms with Crippen LogP contribution in [0.3, 0.4) is 0 Å². The summed E-state index contributed by atoms with van der Waals surface area (Å²) in [5.41, 5.74) is 2.35. The second-order valence-corrected chi connectivity index (χ2v) is 4.52. The van der Waals surface area contributed by atoms with E-state index in [-0.39, 0.29) is 11.9 Å². The Kier molecular flexibility index (Phi) is 8.18. The monoisotopic (exact) mass is 320 g/mol. The predicted octanol–water partition coefficient (Wildman–Crippen LogP) is 1.85. The number of halogens is 3. The van der Waals surface area contributed by atoms with Crippen LogP contribution in [0.15, 0.2) is 24.3 Å². The number of carbonyl (C=O) groups excluding carboxylic acids is 1. The molecule has 5 nitrogen and oxygen atoms in total. The first-order chi connectivity index (χ1) is 10.1. The molecule has 3 N–H and O–H groups in total. The molecule has 0 radical (unpaired) electrons. The lowest BCUT2D eigenvalue weighted by Crippen LogP contribution is -2.39. The van der Waals surface area contributed by atoms with Crippen LogP contribution in [0.1, 0.15) is 18.1 Å². The average Bonchev–Trinajstić information content (AvgIpc) is 2.45. The van der Waals surface area contributed by atoms with E-state index in [4.69, 9.17) is 9.90 Å². The zero-order chi connectivity index (χ0) is 17.3. The molecule has 0 aliphatic heterocycles. The van der Waals surface area contributed by atoms with Crippen LogP contribution in [0, 0.1) is 6.92 Å². The number of carboxylic acids is 1. The molecule has 1 aromatic rings. The maximum absolute atomic E-state index is 11.4. The molecule has 0 aliphatic rings. The molecule has 0 aliphatic carbocycles. The number of carbonyl (C=O) groups is 2. The van der Waals surface area contributed by atoms with Gasteiger partial charge in [0.2, 0.25) is 5.91 Å². The van der Waals surface area contributed by atoms with Gasteiger partial charge in [-0.25, -0.2) is 4.79 Å². The fourth-order valence-electron chi connectivity index (χ4n) is 1.18. The van der Waals surface area contributed by atoms with Crippen LogP contribution in [-0.4, -0.2) is 36.2 Å². The van der Waals surface area contributed by atoms with Crippen molar-refractivity contribution in [3.8, 4) is 0 Å². The van der Waals surface area contributed by atoms with Crippen molar-refractivity contribution in [2.45, 2.75) is 32.6 Å². The van der Waals surface area contributed by atoms with E-state index in [0.717, 1.165) is 5.56 Å². The molecule has 8 heteroatoms. The number of alkyl halides is 3. The second kappa shape index (κ2) is 9.04. The van der Waals surface area contributed by atoms with Gasteiger partial charge in [-0.1, -0.05) is 29.8 Å². The predicted molar refractivity (Wildman–Crippen MR) is 75.2 cm³/mol. The molecule has 0 unspecified atom stereocenters. The quantitative estimate of drug-likeness (QED) is 0.791. The highest BCUT2D eigenvalue weighted by molar-refractivity contribution is 5.81. The SMILES string of the molecule is CN[C@H](C)C(=O)NCc1ccc(C)cc1.O=C(O)C(F)(F)F. The Morgan fingerprint density at radius 1 is 1.23 bits per heavy atom. The Hall–Kier alpha value is -2.09. The molecule has 124 valence electrons. The van der Waals surface area contributed by atoms with Crippen molar-refractivity contribution in [2.24, 2.45) is 0 Å². The summed E-state index contributed by atoms with van der Waals surface area (Å²) in [5.74, 6) is -2.73. The molecule has 1 aromatic carbocycles. The van der Waals surface area contributed by atoms with Crippen LogP contribution in [-0.2, 0) is 16.1 Å². The first-order valence-corrected chi connectivity index (χ1v) is 6.38. The topological polar surface area (TPSA) is 78.4 Å². The molecule has 0 saturated carbocycles. The molecular formula is C14H19F3N2O3. The normalized spacial score (nSPS) is 11.9. The summed E-state index contributed by atoms with van der Waals surface area (Å²) in [4.78, 5) is 20.3. The smallest absolute Gasteiger partial charge is 0.475 e. The first kappa shape index (κ1) is 19.9. The zero-order valence-electron chi connectivity index (χ0n) is 12.5. The molecule has 0 bridgehead atoms. The number of benzene rings is 1. The van der Waals surface area contributed by atoms with Crippen LogP contribution in [0.5, 0.6) is 0 Å². The van der Waals surface area contributed by atoms with E-state index >= 15 is 0 Å². The van der Waals surface area contributed by atoms with Crippen molar-refractivity contribution in [1.82, 2.24) is 10.6 Å². The van der Waals surface area contributed by atoms with Gasteiger partial charge in [-0.3, -0.25) is 4.79 Å². The van der Waals surface area contributed by atoms with Gasteiger partial charge in [-0.2, -0.15) is 13.2 Å². The minimum atomic E-state index is -5.08. The largest absolute Gasteiger partial charge is 0.490 e. The zero-order valence-corrected chi connectivity index (χ0v) is 12.5. The minimum absolute atomic E-state index is 0.0260. The summed E-state index contributed by atoms with van der Waals surface area (Å²) in [7, 11) is 1.77. The highest BCUT2D eigenvalue weighted by Gasteiger charge is 2.38. The average molecular weight is 320 g/mol. The summed E-state index contributed by atoms with van der Waals surface area (Å²) in [6.45, 7) is 4.47. The van der Waals surface area contributed by atoms with Crippen LogP contribution in [0.2, 0.25) is 0 Å². The van der Waals surface area contributed by atoms with Gasteiger partial charge >= 0.3 is 12.1 Å². The third-order valence-electron chi connectivity index (χ3n) is 2.66. The number of nitrogens with one attached hydrogen (secondary N) is 2. The number of aryl methyl sites for hydroxylation is 1. The Labute approximate surface area is 126 Å². The van der Waals surface area contributed by atoms with E-state index in [1.807, 2.05) is 38.1 Å². The van der Waals surface area contributed by atoms with Gasteiger partial charge in [0.1, 0.15) is 0 Å². The second-order valence-electron chi connectivity index (χ2n) is 4.52. The highest BCUT2D eigenvalue weighted by Crippen LogP contribution is 2.13. The van der Waals surface area contributed by atoms with Gasteiger partial charge in [0.25, 0.3) is 0 Å². The van der Waals surface area contributed by atoms with E-state index < -0.39 is 12.1 Å². The molecule has 0 spiro atoms. The third-order valence-corrected chi connectivity index (χ3v) is 2.66. The summed E-state index contributed by atoms with van der Waals surface area (Å²) in [6, 6.07) is 8.00. The number of aliphatic carboxylic acids is 1. The van der Waals surface area contributed by atoms with E-state index in [9.17, 15) is 18.0 Å². The number of carboxylic acid groups (broad SMARTS) is 1. The minimum Gasteiger partial charge on any atom is -0.475 e. The molecule has 0 fully saturated rings. The Morgan fingerprint density at radius 2 is 1.68 bits per heavy atom. The number of likely N-dealkylation sites (N-methyl/N-ethyl adjacent to an activating group) is 1. The Balaban J connectivity index is 0.000000534. The van der Waals surface area contributed by atoms with Crippen LogP contribution in [0.25, 0.3) is 0 Å². The van der Waals surface area contributed by atoms with Gasteiger partial charge in [0, 0.05) is 6.54 Å². The Morgan fingerprint density at radius 3 is 2.05 bits per heavy atom. The van der Waals surface area contributed by atoms with Gasteiger partial charge in [-0.15, -0.1) is 0 Å². The number of hydrogen-bond donors (Lipinski definition) is 3. The number of hydrogen-bond acceptors (Lipinski definition) is 3. The van der Waals surface area contributed by atoms with Crippen molar-refractivity contribution in [3.63, 3.8) is 0 Å². The summed E-state index contributed by atoms with van der Waals surface area (Å²) < 4.78 is 31.7. The fourth-order valence-corrected chi connectivity index (χ4v) is 1.18. The summed E-state index contributed by atoms with van der Waals surface area (Å²) in [6.07, 6.45) is -5.08. The third kappa shape index (κ3) is 8.25. The van der Waals surface area contributed by atoms with Gasteiger partial charge in [-0.05, 0) is 26.5 Å². The number of rotatable bonds is 4. The van der Waals surface area contributed by atoms with Crippen molar-refractivity contribution in [2.75, 3.05) is 7.05 Å². The van der Waals surface area contributed by atoms with Gasteiger partial charge in [0.05, 0.1) is 6.04 Å². The van der Waals surface area contributed by atoms with Crippen LogP contribution in [0.4, 0.5) is 13.2 Å². The lowest BCUT2D eigenvalue weighted by atomic mass is 10.1. The lowest BCUT2D eigenvalue weighted by Gasteiger charge is -2.10. The fraction of sp³-hybridized carbons (Fsp3) is 0.429. The molecule has 1 atom stereocenters. The molecule has 1 rings (SSSR count). The maximum Gasteiger partial charge on any atom is 0.490 e. The van der Waals surface area contributed by atoms with E-state index in [1.54, 1.807) is 7.05 Å². The van der Waals surface area contributed by atoms with E-state index in [2.05, 4.69) is 10.6 Å². The van der Waals surface area contributed by atoms with Crippen molar-refractivity contribution >= 4 is 11.9 Å². The van der Waals surface area contributed by atoms with Crippen LogP contribution >= 0.6 is 0 Å². The molecule has 0 heterocycles. The van der Waals surface area contributed by atoms with Crippen molar-refractivity contribution < 1.29 is 27.9 Å². The number of amides is 1. The molecule has 1 amide bonds. The molecule has 22 heavy (non-hydrogen) atoms. The molecule has 0 aromatic heterocycles. The summed E-state index contributed by atoms with van der Waals surface area (Å²) in [5, 5.41) is 12.9. The van der Waals surface area contributed by atoms with E-state index in [1.165, 1.54) is 5.56 Å². The van der Waals surface area contributed by atoms with Crippen molar-refractivity contribution in [1.29, 1.82) is 0 Å². The van der Waals surface area contributed by atoms with E-state index in [0.29, 0.717) is 6.54 Å². The maximum atomic E-state index is 11.4. The van der Waals surface area contributed by atoms with Crippen LogP contribution < -0.4 is 10.6 Å². The lowest BCUT2D eigenvalue weighted by molar-refractivity contribution is -0.192.